The van der Waals surface area contributed by atoms with E-state index in [0.29, 0.717) is 12.0 Å². The lowest BCUT2D eigenvalue weighted by atomic mass is 9.88. The van der Waals surface area contributed by atoms with Crippen LogP contribution >= 0.6 is 0 Å². The third-order valence-corrected chi connectivity index (χ3v) is 5.00. The molecule has 3 heteroatoms. The second kappa shape index (κ2) is 6.73. The number of rotatable bonds is 4. The van der Waals surface area contributed by atoms with E-state index in [9.17, 15) is 0 Å². The first-order valence-corrected chi connectivity index (χ1v) is 8.53. The van der Waals surface area contributed by atoms with E-state index in [1.165, 1.54) is 31.5 Å². The zero-order valence-corrected chi connectivity index (χ0v) is 13.4. The van der Waals surface area contributed by atoms with Crippen LogP contribution in [0, 0.1) is 0 Å². The van der Waals surface area contributed by atoms with Crippen molar-refractivity contribution < 1.29 is 9.47 Å². The molecule has 0 amide bonds. The molecule has 0 N–H and O–H groups in total. The highest BCUT2D eigenvalue weighted by Gasteiger charge is 2.29. The van der Waals surface area contributed by atoms with Crippen LogP contribution < -0.4 is 4.74 Å². The van der Waals surface area contributed by atoms with Crippen LogP contribution in [0.4, 0.5) is 0 Å². The van der Waals surface area contributed by atoms with Crippen molar-refractivity contribution in [3.8, 4) is 11.5 Å². The largest absolute Gasteiger partial charge is 0.457 e. The first-order chi connectivity index (χ1) is 11.4. The molecule has 23 heavy (non-hydrogen) atoms. The average Bonchev–Trinajstić information content (AvgIpc) is 2.56. The van der Waals surface area contributed by atoms with Crippen LogP contribution in [0.25, 0.3) is 0 Å². The van der Waals surface area contributed by atoms with Gasteiger partial charge in [0.15, 0.2) is 0 Å². The number of hydrogen-bond acceptors (Lipinski definition) is 3. The molecule has 2 aromatic rings. The monoisotopic (exact) mass is 309 g/mol. The van der Waals surface area contributed by atoms with Crippen molar-refractivity contribution in [1.29, 1.82) is 0 Å². The maximum absolute atomic E-state index is 5.87. The first-order valence-electron chi connectivity index (χ1n) is 8.53. The van der Waals surface area contributed by atoms with Gasteiger partial charge < -0.3 is 9.47 Å². The van der Waals surface area contributed by atoms with Gasteiger partial charge in [-0.2, -0.15) is 0 Å². The molecule has 2 fully saturated rings. The Morgan fingerprint density at radius 2 is 1.48 bits per heavy atom. The maximum Gasteiger partial charge on any atom is 0.127 e. The fourth-order valence-corrected chi connectivity index (χ4v) is 3.46. The Balaban J connectivity index is 1.35. The van der Waals surface area contributed by atoms with Gasteiger partial charge in [0.1, 0.15) is 11.5 Å². The molecule has 4 rings (SSSR count). The van der Waals surface area contributed by atoms with Crippen LogP contribution in [0.2, 0.25) is 0 Å². The number of nitrogens with zero attached hydrogens (tertiary/aromatic N) is 1. The van der Waals surface area contributed by atoms with Crippen molar-refractivity contribution in [1.82, 2.24) is 4.90 Å². The molecule has 0 unspecified atom stereocenters. The minimum absolute atomic E-state index is 0.678. The number of benzene rings is 2. The summed E-state index contributed by atoms with van der Waals surface area (Å²) < 4.78 is 11.2. The van der Waals surface area contributed by atoms with Gasteiger partial charge >= 0.3 is 0 Å². The fraction of sp³-hybridized carbons (Fsp3) is 0.400. The summed E-state index contributed by atoms with van der Waals surface area (Å²) >= 11 is 0. The summed E-state index contributed by atoms with van der Waals surface area (Å²) in [6.45, 7) is 4.24. The third-order valence-electron chi connectivity index (χ3n) is 5.00. The smallest absolute Gasteiger partial charge is 0.127 e. The Kier molecular flexibility index (Phi) is 4.31. The molecule has 0 aromatic heterocycles. The molecule has 2 aliphatic rings. The zero-order chi connectivity index (χ0) is 15.5. The predicted octanol–water partition coefficient (Wildman–Crippen LogP) is 4.06. The summed E-state index contributed by atoms with van der Waals surface area (Å²) in [5.41, 5.74) is 1.44. The van der Waals surface area contributed by atoms with E-state index >= 15 is 0 Å². The van der Waals surface area contributed by atoms with E-state index in [-0.39, 0.29) is 0 Å². The second-order valence-corrected chi connectivity index (χ2v) is 6.49. The summed E-state index contributed by atoms with van der Waals surface area (Å²) in [5, 5.41) is 0. The average molecular weight is 309 g/mol. The van der Waals surface area contributed by atoms with E-state index in [1.54, 1.807) is 0 Å². The predicted molar refractivity (Wildman–Crippen MR) is 91.1 cm³/mol. The number of hydrogen-bond donors (Lipinski definition) is 0. The Morgan fingerprint density at radius 3 is 2.09 bits per heavy atom. The maximum atomic E-state index is 5.87. The fourth-order valence-electron chi connectivity index (χ4n) is 3.46. The van der Waals surface area contributed by atoms with Gasteiger partial charge in [0.25, 0.3) is 0 Å². The normalized spacial score (nSPS) is 20.2. The highest BCUT2D eigenvalue weighted by Crippen LogP contribution is 2.31. The van der Waals surface area contributed by atoms with Crippen molar-refractivity contribution in [2.45, 2.75) is 24.8 Å². The summed E-state index contributed by atoms with van der Waals surface area (Å²) in [4.78, 5) is 2.59. The van der Waals surface area contributed by atoms with Crippen LogP contribution in [-0.4, -0.2) is 37.2 Å². The van der Waals surface area contributed by atoms with Crippen LogP contribution in [0.3, 0.4) is 0 Å². The summed E-state index contributed by atoms with van der Waals surface area (Å²) in [5.74, 6) is 2.47. The minimum atomic E-state index is 0.678. The molecule has 3 nitrogen and oxygen atoms in total. The minimum Gasteiger partial charge on any atom is -0.457 e. The molecule has 2 heterocycles. The van der Waals surface area contributed by atoms with E-state index in [4.69, 9.17) is 9.47 Å². The van der Waals surface area contributed by atoms with E-state index in [2.05, 4.69) is 29.2 Å². The molecule has 2 aliphatic heterocycles. The van der Waals surface area contributed by atoms with Crippen LogP contribution in [0.1, 0.15) is 24.3 Å². The van der Waals surface area contributed by atoms with Gasteiger partial charge in [-0.05, 0) is 61.7 Å². The summed E-state index contributed by atoms with van der Waals surface area (Å²) in [7, 11) is 0. The molecule has 2 aromatic carbocycles. The van der Waals surface area contributed by atoms with Crippen molar-refractivity contribution >= 4 is 0 Å². The van der Waals surface area contributed by atoms with E-state index < -0.39 is 0 Å². The Labute approximate surface area is 137 Å². The van der Waals surface area contributed by atoms with Crippen LogP contribution in [0.5, 0.6) is 11.5 Å². The lowest BCUT2D eigenvalue weighted by Gasteiger charge is -2.41. The molecule has 0 radical (unpaired) electrons. The van der Waals surface area contributed by atoms with Gasteiger partial charge in [-0.3, -0.25) is 4.90 Å². The van der Waals surface area contributed by atoms with Crippen LogP contribution in [0.15, 0.2) is 54.6 Å². The Morgan fingerprint density at radius 1 is 0.826 bits per heavy atom. The lowest BCUT2D eigenvalue weighted by Crippen LogP contribution is -2.51. The molecular formula is C20H23NO2. The topological polar surface area (TPSA) is 21.7 Å². The number of para-hydroxylation sites is 1. The van der Waals surface area contributed by atoms with E-state index in [1.807, 2.05) is 30.3 Å². The van der Waals surface area contributed by atoms with Crippen molar-refractivity contribution in [2.75, 3.05) is 26.3 Å². The number of ether oxygens (including phenoxy) is 2. The Hall–Kier alpha value is -1.84. The molecule has 0 aliphatic carbocycles. The highest BCUT2D eigenvalue weighted by molar-refractivity contribution is 5.34. The molecule has 0 bridgehead atoms. The quantitative estimate of drug-likeness (QED) is 0.850. The first kappa shape index (κ1) is 14.7. The SMILES string of the molecule is c1ccc(Oc2ccc(C3CCN(C4COC4)CC3)cc2)cc1. The molecule has 0 spiro atoms. The summed E-state index contributed by atoms with van der Waals surface area (Å²) in [6.07, 6.45) is 2.49. The van der Waals surface area contributed by atoms with Crippen molar-refractivity contribution in [3.05, 3.63) is 60.2 Å². The van der Waals surface area contributed by atoms with Gasteiger partial charge in [0.05, 0.1) is 19.3 Å². The van der Waals surface area contributed by atoms with Crippen molar-refractivity contribution in [2.24, 2.45) is 0 Å². The number of piperidine rings is 1. The van der Waals surface area contributed by atoms with E-state index in [0.717, 1.165) is 24.7 Å². The van der Waals surface area contributed by atoms with Gasteiger partial charge in [-0.25, -0.2) is 0 Å². The van der Waals surface area contributed by atoms with Gasteiger partial charge in [0.2, 0.25) is 0 Å². The summed E-state index contributed by atoms with van der Waals surface area (Å²) in [6, 6.07) is 19.3. The third kappa shape index (κ3) is 3.41. The molecule has 120 valence electrons. The standard InChI is InChI=1S/C20H23NO2/c1-2-4-19(5-3-1)23-20-8-6-16(7-9-20)17-10-12-21(13-11-17)18-14-22-15-18/h1-9,17-18H,10-15H2. The van der Waals surface area contributed by atoms with Gasteiger partial charge in [-0.1, -0.05) is 30.3 Å². The van der Waals surface area contributed by atoms with Gasteiger partial charge in [0, 0.05) is 0 Å². The molecule has 0 atom stereocenters. The zero-order valence-electron chi connectivity index (χ0n) is 13.4. The van der Waals surface area contributed by atoms with Crippen molar-refractivity contribution in [3.63, 3.8) is 0 Å². The molecule has 0 saturated carbocycles. The van der Waals surface area contributed by atoms with Crippen LogP contribution in [-0.2, 0) is 4.74 Å². The molecule has 2 saturated heterocycles. The number of likely N-dealkylation sites (tertiary alicyclic amines) is 1. The van der Waals surface area contributed by atoms with Gasteiger partial charge in [-0.15, -0.1) is 0 Å². The molecular weight excluding hydrogens is 286 g/mol. The highest BCUT2D eigenvalue weighted by atomic mass is 16.5. The Bertz CT molecular complexity index is 614. The second-order valence-electron chi connectivity index (χ2n) is 6.49. The lowest BCUT2D eigenvalue weighted by molar-refractivity contribution is -0.0712.